The SMILES string of the molecule is Cc1ccc(NC(=O)C23CCC(C)(/C(=N\OC(=O)c4ccc([N+](=O)[O-])cc4)C2)C3(C)C)cc1C. The minimum atomic E-state index is -0.694. The number of benzene rings is 2. The Morgan fingerprint density at radius 2 is 1.71 bits per heavy atom. The van der Waals surface area contributed by atoms with Gasteiger partial charge in [-0.1, -0.05) is 32.0 Å². The first-order valence-electron chi connectivity index (χ1n) is 11.3. The molecule has 2 unspecified atom stereocenters. The van der Waals surface area contributed by atoms with E-state index in [9.17, 15) is 19.7 Å². The van der Waals surface area contributed by atoms with Crippen molar-refractivity contribution in [1.82, 2.24) is 0 Å². The largest absolute Gasteiger partial charge is 0.365 e. The molecule has 4 rings (SSSR count). The Bertz CT molecular complexity index is 1220. The molecule has 0 aromatic heterocycles. The molecule has 8 nitrogen and oxygen atoms in total. The molecule has 178 valence electrons. The molecule has 34 heavy (non-hydrogen) atoms. The lowest BCUT2D eigenvalue weighted by atomic mass is 9.64. The number of non-ortho nitro benzene ring substituents is 1. The van der Waals surface area contributed by atoms with Crippen molar-refractivity contribution < 1.29 is 19.3 Å². The van der Waals surface area contributed by atoms with Gasteiger partial charge in [-0.2, -0.15) is 0 Å². The van der Waals surface area contributed by atoms with Crippen LogP contribution in [0.2, 0.25) is 0 Å². The molecule has 8 heteroatoms. The molecule has 0 spiro atoms. The van der Waals surface area contributed by atoms with Crippen LogP contribution in [0.25, 0.3) is 0 Å². The average molecular weight is 464 g/mol. The van der Waals surface area contributed by atoms with E-state index in [2.05, 4.69) is 31.2 Å². The van der Waals surface area contributed by atoms with E-state index in [1.807, 2.05) is 32.0 Å². The molecule has 2 saturated carbocycles. The van der Waals surface area contributed by atoms with Crippen LogP contribution in [0.4, 0.5) is 11.4 Å². The lowest BCUT2D eigenvalue weighted by Crippen LogP contribution is -2.43. The third-order valence-electron chi connectivity index (χ3n) is 8.49. The van der Waals surface area contributed by atoms with Gasteiger partial charge in [0.2, 0.25) is 5.91 Å². The number of hydrogen-bond donors (Lipinski definition) is 1. The second kappa shape index (κ2) is 8.04. The van der Waals surface area contributed by atoms with E-state index in [1.54, 1.807) is 0 Å². The first kappa shape index (κ1) is 23.6. The van der Waals surface area contributed by atoms with Crippen molar-refractivity contribution in [2.45, 2.75) is 53.9 Å². The van der Waals surface area contributed by atoms with Crippen LogP contribution in [0, 0.1) is 40.2 Å². The summed E-state index contributed by atoms with van der Waals surface area (Å²) in [6.45, 7) is 10.3. The summed E-state index contributed by atoms with van der Waals surface area (Å²) in [5, 5.41) is 18.2. The van der Waals surface area contributed by atoms with E-state index < -0.39 is 27.1 Å². The zero-order valence-corrected chi connectivity index (χ0v) is 20.1. The van der Waals surface area contributed by atoms with Crippen LogP contribution < -0.4 is 5.32 Å². The van der Waals surface area contributed by atoms with Gasteiger partial charge in [0.15, 0.2) is 0 Å². The third kappa shape index (κ3) is 3.48. The van der Waals surface area contributed by atoms with Gasteiger partial charge < -0.3 is 10.2 Å². The highest BCUT2D eigenvalue weighted by Gasteiger charge is 2.71. The molecule has 1 amide bonds. The van der Waals surface area contributed by atoms with Crippen LogP contribution in [-0.4, -0.2) is 22.5 Å². The Labute approximate surface area is 198 Å². The number of rotatable bonds is 5. The van der Waals surface area contributed by atoms with Crippen molar-refractivity contribution in [1.29, 1.82) is 0 Å². The minimum absolute atomic E-state index is 0.0450. The topological polar surface area (TPSA) is 111 Å². The first-order valence-corrected chi connectivity index (χ1v) is 11.3. The standard InChI is InChI=1S/C26H29N3O5/c1-16-6-9-19(14-17(16)2)27-23(31)26-13-12-25(5,24(26,3)4)21(15-26)28-34-22(30)18-7-10-20(11-8-18)29(32)33/h6-11,14H,12-13,15H2,1-5H3,(H,27,31)/b28-21-. The Balaban J connectivity index is 1.56. The summed E-state index contributed by atoms with van der Waals surface area (Å²) in [5.41, 5.74) is 2.32. The van der Waals surface area contributed by atoms with Gasteiger partial charge in [0.1, 0.15) is 0 Å². The molecular formula is C26H29N3O5. The number of nitro benzene ring substituents is 1. The number of aryl methyl sites for hydroxylation is 2. The zero-order valence-electron chi connectivity index (χ0n) is 20.1. The van der Waals surface area contributed by atoms with Crippen LogP contribution in [0.5, 0.6) is 0 Å². The number of carbonyl (C=O) groups is 2. The van der Waals surface area contributed by atoms with Gasteiger partial charge in [-0.15, -0.1) is 0 Å². The summed E-state index contributed by atoms with van der Waals surface area (Å²) in [5.74, 6) is -0.739. The summed E-state index contributed by atoms with van der Waals surface area (Å²) in [6.07, 6.45) is 1.89. The van der Waals surface area contributed by atoms with Crippen LogP contribution in [0.3, 0.4) is 0 Å². The highest BCUT2D eigenvalue weighted by Crippen LogP contribution is 2.71. The number of nitro groups is 1. The predicted octanol–water partition coefficient (Wildman–Crippen LogP) is 5.58. The van der Waals surface area contributed by atoms with E-state index in [0.717, 1.165) is 29.7 Å². The second-order valence-electron chi connectivity index (χ2n) is 10.2. The molecule has 2 fully saturated rings. The smallest absolute Gasteiger partial charge is 0.326 e. The molecule has 2 aromatic carbocycles. The molecule has 1 N–H and O–H groups in total. The summed E-state index contributed by atoms with van der Waals surface area (Å²) >= 11 is 0. The van der Waals surface area contributed by atoms with Gasteiger partial charge in [0.25, 0.3) is 5.69 Å². The molecule has 0 radical (unpaired) electrons. The fourth-order valence-electron chi connectivity index (χ4n) is 5.46. The number of hydrogen-bond acceptors (Lipinski definition) is 6. The maximum absolute atomic E-state index is 13.6. The van der Waals surface area contributed by atoms with Crippen LogP contribution in [0.15, 0.2) is 47.6 Å². The molecule has 2 aromatic rings. The molecule has 2 atom stereocenters. The van der Waals surface area contributed by atoms with Gasteiger partial charge in [0, 0.05) is 29.7 Å². The lowest BCUT2D eigenvalue weighted by molar-refractivity contribution is -0.384. The van der Waals surface area contributed by atoms with Crippen LogP contribution in [-0.2, 0) is 9.63 Å². The van der Waals surface area contributed by atoms with E-state index in [-0.39, 0.29) is 17.2 Å². The quantitative estimate of drug-likeness (QED) is 0.353. The molecule has 0 aliphatic heterocycles. The van der Waals surface area contributed by atoms with Crippen LogP contribution in [0.1, 0.15) is 61.5 Å². The number of oxime groups is 1. The van der Waals surface area contributed by atoms with Crippen molar-refractivity contribution in [2.75, 3.05) is 5.32 Å². The van der Waals surface area contributed by atoms with E-state index in [0.29, 0.717) is 12.1 Å². The maximum atomic E-state index is 13.6. The summed E-state index contributed by atoms with van der Waals surface area (Å²) in [4.78, 5) is 41.6. The number of fused-ring (bicyclic) bond motifs is 2. The molecule has 2 aliphatic carbocycles. The van der Waals surface area contributed by atoms with Crippen molar-refractivity contribution >= 4 is 29.0 Å². The van der Waals surface area contributed by atoms with Crippen LogP contribution >= 0.6 is 0 Å². The molecule has 2 aliphatic rings. The Morgan fingerprint density at radius 1 is 1.03 bits per heavy atom. The Kier molecular flexibility index (Phi) is 5.58. The zero-order chi connectivity index (χ0) is 24.9. The van der Waals surface area contributed by atoms with E-state index in [4.69, 9.17) is 4.84 Å². The maximum Gasteiger partial charge on any atom is 0.365 e. The van der Waals surface area contributed by atoms with Gasteiger partial charge in [0.05, 0.1) is 21.6 Å². The number of nitrogens with zero attached hydrogens (tertiary/aromatic N) is 2. The Hall–Kier alpha value is -3.55. The average Bonchev–Trinajstić information content (AvgIpc) is 3.10. The number of carbonyl (C=O) groups excluding carboxylic acids is 2. The minimum Gasteiger partial charge on any atom is -0.326 e. The molecule has 0 heterocycles. The van der Waals surface area contributed by atoms with Crippen molar-refractivity contribution in [2.24, 2.45) is 21.4 Å². The number of amides is 1. The molecule has 2 bridgehead atoms. The van der Waals surface area contributed by atoms with E-state index >= 15 is 0 Å². The van der Waals surface area contributed by atoms with Crippen molar-refractivity contribution in [3.8, 4) is 0 Å². The van der Waals surface area contributed by atoms with Gasteiger partial charge in [-0.05, 0) is 67.5 Å². The Morgan fingerprint density at radius 3 is 2.32 bits per heavy atom. The summed E-state index contributed by atoms with van der Waals surface area (Å²) < 4.78 is 0. The monoisotopic (exact) mass is 463 g/mol. The summed E-state index contributed by atoms with van der Waals surface area (Å²) in [6, 6.07) is 11.0. The lowest BCUT2D eigenvalue weighted by Gasteiger charge is -2.39. The highest BCUT2D eigenvalue weighted by molar-refractivity contribution is 6.06. The van der Waals surface area contributed by atoms with Crippen molar-refractivity contribution in [3.05, 3.63) is 69.3 Å². The normalized spacial score (nSPS) is 25.9. The molecular weight excluding hydrogens is 434 g/mol. The first-order chi connectivity index (χ1) is 15.9. The second-order valence-corrected chi connectivity index (χ2v) is 10.2. The third-order valence-corrected chi connectivity index (χ3v) is 8.49. The highest BCUT2D eigenvalue weighted by atomic mass is 16.7. The predicted molar refractivity (Wildman–Crippen MR) is 129 cm³/mol. The number of nitrogens with one attached hydrogen (secondary N) is 1. The van der Waals surface area contributed by atoms with Crippen molar-refractivity contribution in [3.63, 3.8) is 0 Å². The van der Waals surface area contributed by atoms with E-state index in [1.165, 1.54) is 24.3 Å². The van der Waals surface area contributed by atoms with Gasteiger partial charge in [-0.25, -0.2) is 4.79 Å². The van der Waals surface area contributed by atoms with Gasteiger partial charge in [-0.3, -0.25) is 14.9 Å². The fourth-order valence-corrected chi connectivity index (χ4v) is 5.46. The number of anilines is 1. The molecule has 0 saturated heterocycles. The fraction of sp³-hybridized carbons (Fsp3) is 0.423. The summed E-state index contributed by atoms with van der Waals surface area (Å²) in [7, 11) is 0. The van der Waals surface area contributed by atoms with Gasteiger partial charge >= 0.3 is 5.97 Å².